The van der Waals surface area contributed by atoms with Crippen molar-refractivity contribution in [2.45, 2.75) is 53.2 Å². The van der Waals surface area contributed by atoms with Crippen molar-refractivity contribution < 1.29 is 9.53 Å². The average molecular weight is 184 g/mol. The van der Waals surface area contributed by atoms with Gasteiger partial charge in [0.2, 0.25) is 0 Å². The van der Waals surface area contributed by atoms with Gasteiger partial charge in [-0.15, -0.1) is 0 Å². The molecule has 0 N–H and O–H groups in total. The molecule has 1 saturated heterocycles. The standard InChI is InChI=1S/C11H20O2/c1-7(2)10-6-11(5,8(3)12)9(4)13-10/h7,9-10H,6H2,1-5H3/t9-,10-,11+/m0/s1. The molecular formula is C11H20O2. The Bertz CT molecular complexity index is 210. The van der Waals surface area contributed by atoms with Crippen LogP contribution >= 0.6 is 0 Å². The van der Waals surface area contributed by atoms with Crippen molar-refractivity contribution in [1.82, 2.24) is 0 Å². The maximum Gasteiger partial charge on any atom is 0.138 e. The zero-order chi connectivity index (χ0) is 10.2. The summed E-state index contributed by atoms with van der Waals surface area (Å²) >= 11 is 0. The maximum absolute atomic E-state index is 11.5. The molecule has 0 radical (unpaired) electrons. The lowest BCUT2D eigenvalue weighted by Crippen LogP contribution is -2.32. The van der Waals surface area contributed by atoms with E-state index in [9.17, 15) is 4.79 Å². The van der Waals surface area contributed by atoms with Gasteiger partial charge in [0.25, 0.3) is 0 Å². The minimum absolute atomic E-state index is 0.0670. The molecule has 0 aromatic rings. The molecule has 1 fully saturated rings. The predicted octanol–water partition coefficient (Wildman–Crippen LogP) is 2.42. The molecule has 13 heavy (non-hydrogen) atoms. The lowest BCUT2D eigenvalue weighted by Gasteiger charge is -2.23. The molecule has 1 aliphatic heterocycles. The van der Waals surface area contributed by atoms with E-state index in [1.165, 1.54) is 0 Å². The van der Waals surface area contributed by atoms with Gasteiger partial charge in [-0.1, -0.05) is 20.8 Å². The van der Waals surface area contributed by atoms with Gasteiger partial charge >= 0.3 is 0 Å². The summed E-state index contributed by atoms with van der Waals surface area (Å²) in [6, 6.07) is 0. The van der Waals surface area contributed by atoms with E-state index in [2.05, 4.69) is 13.8 Å². The molecular weight excluding hydrogens is 164 g/mol. The zero-order valence-electron chi connectivity index (χ0n) is 9.26. The number of carbonyl (C=O) groups excluding carboxylic acids is 1. The van der Waals surface area contributed by atoms with Gasteiger partial charge in [-0.3, -0.25) is 4.79 Å². The minimum atomic E-state index is -0.255. The number of hydrogen-bond acceptors (Lipinski definition) is 2. The van der Waals surface area contributed by atoms with Crippen LogP contribution in [0.5, 0.6) is 0 Å². The van der Waals surface area contributed by atoms with Gasteiger partial charge < -0.3 is 4.74 Å². The van der Waals surface area contributed by atoms with E-state index >= 15 is 0 Å². The summed E-state index contributed by atoms with van der Waals surface area (Å²) in [4.78, 5) is 11.5. The molecule has 76 valence electrons. The van der Waals surface area contributed by atoms with Gasteiger partial charge in [-0.25, -0.2) is 0 Å². The van der Waals surface area contributed by atoms with Crippen LogP contribution in [-0.2, 0) is 9.53 Å². The second-order valence-corrected chi connectivity index (χ2v) is 4.74. The third kappa shape index (κ3) is 1.78. The predicted molar refractivity (Wildman–Crippen MR) is 52.6 cm³/mol. The van der Waals surface area contributed by atoms with Crippen molar-refractivity contribution in [1.29, 1.82) is 0 Å². The van der Waals surface area contributed by atoms with E-state index < -0.39 is 0 Å². The first-order valence-electron chi connectivity index (χ1n) is 5.04. The van der Waals surface area contributed by atoms with Crippen LogP contribution in [0.25, 0.3) is 0 Å². The molecule has 2 nitrogen and oxygen atoms in total. The number of ketones is 1. The van der Waals surface area contributed by atoms with Gasteiger partial charge in [0, 0.05) is 0 Å². The first-order valence-corrected chi connectivity index (χ1v) is 5.04. The van der Waals surface area contributed by atoms with Crippen LogP contribution in [0.2, 0.25) is 0 Å². The Kier molecular flexibility index (Phi) is 2.81. The van der Waals surface area contributed by atoms with Crippen molar-refractivity contribution in [3.8, 4) is 0 Å². The fourth-order valence-electron chi connectivity index (χ4n) is 1.87. The normalized spacial score (nSPS) is 39.8. The largest absolute Gasteiger partial charge is 0.374 e. The van der Waals surface area contributed by atoms with Gasteiger partial charge in [-0.2, -0.15) is 0 Å². The number of rotatable bonds is 2. The van der Waals surface area contributed by atoms with E-state index in [-0.39, 0.29) is 23.4 Å². The third-order valence-corrected chi connectivity index (χ3v) is 3.45. The van der Waals surface area contributed by atoms with E-state index in [0.717, 1.165) is 6.42 Å². The van der Waals surface area contributed by atoms with Crippen molar-refractivity contribution in [2.24, 2.45) is 11.3 Å². The summed E-state index contributed by atoms with van der Waals surface area (Å²) in [5, 5.41) is 0. The monoisotopic (exact) mass is 184 g/mol. The van der Waals surface area contributed by atoms with Gasteiger partial charge in [0.05, 0.1) is 17.6 Å². The smallest absolute Gasteiger partial charge is 0.138 e. The Labute approximate surface area is 80.7 Å². The average Bonchev–Trinajstić information content (AvgIpc) is 2.30. The van der Waals surface area contributed by atoms with Gasteiger partial charge in [-0.05, 0) is 26.2 Å². The Morgan fingerprint density at radius 1 is 1.54 bits per heavy atom. The SMILES string of the molecule is CC(=O)[C@@]1(C)C[C@@H](C(C)C)O[C@H]1C. The number of carbonyl (C=O) groups is 1. The summed E-state index contributed by atoms with van der Waals surface area (Å²) in [7, 11) is 0. The molecule has 2 heteroatoms. The van der Waals surface area contributed by atoms with Crippen LogP contribution in [0, 0.1) is 11.3 Å². The lowest BCUT2D eigenvalue weighted by atomic mass is 9.78. The molecule has 0 amide bonds. The molecule has 1 rings (SSSR count). The highest BCUT2D eigenvalue weighted by molar-refractivity contribution is 5.82. The molecule has 1 aliphatic rings. The Morgan fingerprint density at radius 2 is 2.08 bits per heavy atom. The van der Waals surface area contributed by atoms with Crippen molar-refractivity contribution in [2.75, 3.05) is 0 Å². The first kappa shape index (κ1) is 10.7. The zero-order valence-corrected chi connectivity index (χ0v) is 9.26. The molecule has 0 bridgehead atoms. The van der Waals surface area contributed by atoms with E-state index in [0.29, 0.717) is 5.92 Å². The molecule has 0 aromatic heterocycles. The van der Waals surface area contributed by atoms with Crippen LogP contribution in [0.15, 0.2) is 0 Å². The molecule has 1 heterocycles. The number of Topliss-reactive ketones (excluding diaryl/α,β-unsaturated/α-hetero) is 1. The highest BCUT2D eigenvalue weighted by Gasteiger charge is 2.46. The number of hydrogen-bond donors (Lipinski definition) is 0. The van der Waals surface area contributed by atoms with Crippen LogP contribution < -0.4 is 0 Å². The van der Waals surface area contributed by atoms with Gasteiger partial charge in [0.15, 0.2) is 0 Å². The van der Waals surface area contributed by atoms with Gasteiger partial charge in [0.1, 0.15) is 5.78 Å². The second kappa shape index (κ2) is 3.41. The Balaban J connectivity index is 2.76. The third-order valence-electron chi connectivity index (χ3n) is 3.45. The molecule has 0 saturated carbocycles. The minimum Gasteiger partial charge on any atom is -0.374 e. The van der Waals surface area contributed by atoms with Crippen LogP contribution in [0.3, 0.4) is 0 Å². The van der Waals surface area contributed by atoms with E-state index in [1.807, 2.05) is 13.8 Å². The quantitative estimate of drug-likeness (QED) is 0.658. The highest BCUT2D eigenvalue weighted by Crippen LogP contribution is 2.41. The first-order chi connectivity index (χ1) is 5.88. The highest BCUT2D eigenvalue weighted by atomic mass is 16.5. The van der Waals surface area contributed by atoms with E-state index in [1.54, 1.807) is 6.92 Å². The topological polar surface area (TPSA) is 26.3 Å². The van der Waals surface area contributed by atoms with E-state index in [4.69, 9.17) is 4.74 Å². The van der Waals surface area contributed by atoms with Crippen molar-refractivity contribution >= 4 is 5.78 Å². The Hall–Kier alpha value is -0.370. The Morgan fingerprint density at radius 3 is 2.31 bits per heavy atom. The lowest BCUT2D eigenvalue weighted by molar-refractivity contribution is -0.128. The summed E-state index contributed by atoms with van der Waals surface area (Å²) in [6.45, 7) is 9.97. The van der Waals surface area contributed by atoms with Crippen molar-refractivity contribution in [3.63, 3.8) is 0 Å². The second-order valence-electron chi connectivity index (χ2n) is 4.74. The summed E-state index contributed by atoms with van der Waals surface area (Å²) < 4.78 is 5.78. The summed E-state index contributed by atoms with van der Waals surface area (Å²) in [5.74, 6) is 0.756. The fraction of sp³-hybridized carbons (Fsp3) is 0.909. The summed E-state index contributed by atoms with van der Waals surface area (Å²) in [5.41, 5.74) is -0.255. The molecule has 3 atom stereocenters. The van der Waals surface area contributed by atoms with Crippen LogP contribution in [0.1, 0.15) is 41.0 Å². The summed E-state index contributed by atoms with van der Waals surface area (Å²) in [6.07, 6.45) is 1.20. The number of ether oxygens (including phenoxy) is 1. The maximum atomic E-state index is 11.5. The fourth-order valence-corrected chi connectivity index (χ4v) is 1.87. The van der Waals surface area contributed by atoms with Crippen LogP contribution in [-0.4, -0.2) is 18.0 Å². The van der Waals surface area contributed by atoms with Crippen molar-refractivity contribution in [3.05, 3.63) is 0 Å². The molecule has 0 spiro atoms. The molecule has 0 aliphatic carbocycles. The molecule has 0 aromatic carbocycles. The molecule has 0 unspecified atom stereocenters. The van der Waals surface area contributed by atoms with Crippen LogP contribution in [0.4, 0.5) is 0 Å².